The minimum absolute atomic E-state index is 0.378. The van der Waals surface area contributed by atoms with Crippen molar-refractivity contribution in [3.05, 3.63) is 42.6 Å². The van der Waals surface area contributed by atoms with Gasteiger partial charge < -0.3 is 9.72 Å². The molecule has 0 bridgehead atoms. The van der Waals surface area contributed by atoms with E-state index in [0.29, 0.717) is 28.4 Å². The van der Waals surface area contributed by atoms with Crippen molar-refractivity contribution >= 4 is 0 Å². The Kier molecular flexibility index (Phi) is 2.75. The van der Waals surface area contributed by atoms with Crippen molar-refractivity contribution in [2.24, 2.45) is 0 Å². The molecule has 0 spiro atoms. The van der Waals surface area contributed by atoms with Gasteiger partial charge in [-0.1, -0.05) is 0 Å². The van der Waals surface area contributed by atoms with Gasteiger partial charge in [-0.25, -0.2) is 9.37 Å². The third-order valence-corrected chi connectivity index (χ3v) is 2.84. The lowest BCUT2D eigenvalue weighted by Crippen LogP contribution is -1.90. The number of nitrogens with zero attached hydrogens (tertiary/aromatic N) is 2. The van der Waals surface area contributed by atoms with Crippen LogP contribution in [0.3, 0.4) is 0 Å². The van der Waals surface area contributed by atoms with Crippen LogP contribution in [-0.4, -0.2) is 27.3 Å². The summed E-state index contributed by atoms with van der Waals surface area (Å²) in [6, 6.07) is 4.68. The highest BCUT2D eigenvalue weighted by Crippen LogP contribution is 2.31. The van der Waals surface area contributed by atoms with Crippen molar-refractivity contribution in [1.29, 1.82) is 0 Å². The van der Waals surface area contributed by atoms with Gasteiger partial charge in [-0.05, 0) is 12.1 Å². The number of hydrogen-bond acceptors (Lipinski definition) is 3. The molecule has 2 N–H and O–H groups in total. The van der Waals surface area contributed by atoms with Crippen molar-refractivity contribution in [3.8, 4) is 28.4 Å². The highest BCUT2D eigenvalue weighted by Gasteiger charge is 2.15. The Hall–Kier alpha value is -2.63. The van der Waals surface area contributed by atoms with Crippen molar-refractivity contribution < 1.29 is 9.13 Å². The number of ether oxygens (including phenoxy) is 1. The lowest BCUT2D eigenvalue weighted by atomic mass is 10.1. The monoisotopic (exact) mass is 258 g/mol. The number of aromatic nitrogens is 4. The minimum atomic E-state index is -0.378. The fourth-order valence-corrected chi connectivity index (χ4v) is 1.91. The predicted octanol–water partition coefficient (Wildman–Crippen LogP) is 2.61. The van der Waals surface area contributed by atoms with E-state index in [-0.39, 0.29) is 5.82 Å². The number of imidazole rings is 1. The molecule has 19 heavy (non-hydrogen) atoms. The van der Waals surface area contributed by atoms with Gasteiger partial charge in [0.05, 0.1) is 24.6 Å². The van der Waals surface area contributed by atoms with Crippen LogP contribution in [0, 0.1) is 5.82 Å². The number of nitrogens with one attached hydrogen (secondary N) is 2. The summed E-state index contributed by atoms with van der Waals surface area (Å²) < 4.78 is 19.0. The van der Waals surface area contributed by atoms with Crippen molar-refractivity contribution in [2.45, 2.75) is 0 Å². The second-order valence-corrected chi connectivity index (χ2v) is 3.94. The van der Waals surface area contributed by atoms with Crippen molar-refractivity contribution in [3.63, 3.8) is 0 Å². The van der Waals surface area contributed by atoms with E-state index in [4.69, 9.17) is 4.74 Å². The van der Waals surface area contributed by atoms with Crippen LogP contribution in [0.1, 0.15) is 0 Å². The van der Waals surface area contributed by atoms with Gasteiger partial charge in [0, 0.05) is 24.0 Å². The number of H-pyrrole nitrogens is 2. The first-order valence-corrected chi connectivity index (χ1v) is 5.66. The molecule has 0 unspecified atom stereocenters. The van der Waals surface area contributed by atoms with Gasteiger partial charge in [0.2, 0.25) is 0 Å². The van der Waals surface area contributed by atoms with Crippen LogP contribution in [0.4, 0.5) is 4.39 Å². The smallest absolute Gasteiger partial charge is 0.141 e. The van der Waals surface area contributed by atoms with Gasteiger partial charge >= 0.3 is 0 Å². The Balaban J connectivity index is 2.11. The number of rotatable bonds is 3. The minimum Gasteiger partial charge on any atom is -0.497 e. The van der Waals surface area contributed by atoms with Crippen molar-refractivity contribution in [1.82, 2.24) is 20.2 Å². The number of methoxy groups -OCH3 is 1. The number of benzene rings is 1. The van der Waals surface area contributed by atoms with Gasteiger partial charge in [0.15, 0.2) is 0 Å². The quantitative estimate of drug-likeness (QED) is 0.758. The predicted molar refractivity (Wildman–Crippen MR) is 68.1 cm³/mol. The molecule has 0 fully saturated rings. The molecule has 0 aliphatic carbocycles. The maximum atomic E-state index is 14.1. The SMILES string of the molecule is COc1ccc(-c2[nH]ncc2-c2ncc[nH]2)c(F)c1. The molecule has 0 radical (unpaired) electrons. The van der Waals surface area contributed by atoms with Crippen LogP contribution < -0.4 is 4.74 Å². The third-order valence-electron chi connectivity index (χ3n) is 2.84. The summed E-state index contributed by atoms with van der Waals surface area (Å²) in [4.78, 5) is 7.12. The Bertz CT molecular complexity index is 690. The number of aromatic amines is 2. The van der Waals surface area contributed by atoms with Gasteiger partial charge in [-0.2, -0.15) is 5.10 Å². The molecule has 0 aliphatic heterocycles. The van der Waals surface area contributed by atoms with E-state index in [9.17, 15) is 4.39 Å². The molecular weight excluding hydrogens is 247 g/mol. The zero-order chi connectivity index (χ0) is 13.2. The average molecular weight is 258 g/mol. The van der Waals surface area contributed by atoms with Gasteiger partial charge in [0.1, 0.15) is 17.4 Å². The van der Waals surface area contributed by atoms with E-state index >= 15 is 0 Å². The second kappa shape index (κ2) is 4.56. The van der Waals surface area contributed by atoms with Crippen LogP contribution in [0.15, 0.2) is 36.8 Å². The Morgan fingerprint density at radius 2 is 2.16 bits per heavy atom. The molecule has 0 aliphatic rings. The maximum Gasteiger partial charge on any atom is 0.141 e. The van der Waals surface area contributed by atoms with E-state index < -0.39 is 0 Å². The first-order chi connectivity index (χ1) is 9.29. The zero-order valence-electron chi connectivity index (χ0n) is 10.1. The Morgan fingerprint density at radius 1 is 1.26 bits per heavy atom. The van der Waals surface area contributed by atoms with Gasteiger partial charge in [-0.3, -0.25) is 5.10 Å². The fourth-order valence-electron chi connectivity index (χ4n) is 1.91. The highest BCUT2D eigenvalue weighted by atomic mass is 19.1. The van der Waals surface area contributed by atoms with Crippen LogP contribution in [0.25, 0.3) is 22.6 Å². The van der Waals surface area contributed by atoms with Crippen LogP contribution in [-0.2, 0) is 0 Å². The van der Waals surface area contributed by atoms with E-state index in [1.807, 2.05) is 0 Å². The second-order valence-electron chi connectivity index (χ2n) is 3.94. The van der Waals surface area contributed by atoms with E-state index in [1.54, 1.807) is 30.7 Å². The first-order valence-electron chi connectivity index (χ1n) is 5.66. The molecule has 0 atom stereocenters. The Labute approximate surface area is 108 Å². The van der Waals surface area contributed by atoms with E-state index in [2.05, 4.69) is 20.2 Å². The zero-order valence-corrected chi connectivity index (χ0v) is 10.1. The van der Waals surface area contributed by atoms with E-state index in [0.717, 1.165) is 0 Å². The standard InChI is InChI=1S/C13H11FN4O/c1-19-8-2-3-9(11(14)6-8)12-10(7-17-18-12)13-15-4-5-16-13/h2-7H,1H3,(H,15,16)(H,17,18). The normalized spacial score (nSPS) is 10.6. The first kappa shape index (κ1) is 11.5. The summed E-state index contributed by atoms with van der Waals surface area (Å²) >= 11 is 0. The maximum absolute atomic E-state index is 14.1. The molecule has 96 valence electrons. The molecule has 0 saturated heterocycles. The average Bonchev–Trinajstić information content (AvgIpc) is 3.08. The van der Waals surface area contributed by atoms with Crippen LogP contribution >= 0.6 is 0 Å². The molecule has 2 aromatic heterocycles. The van der Waals surface area contributed by atoms with Gasteiger partial charge in [0.25, 0.3) is 0 Å². The molecule has 1 aromatic carbocycles. The van der Waals surface area contributed by atoms with Crippen molar-refractivity contribution in [2.75, 3.05) is 7.11 Å². The molecule has 3 aromatic rings. The summed E-state index contributed by atoms with van der Waals surface area (Å²) in [5.74, 6) is 0.732. The summed E-state index contributed by atoms with van der Waals surface area (Å²) in [5, 5.41) is 6.75. The number of hydrogen-bond donors (Lipinski definition) is 2. The highest BCUT2D eigenvalue weighted by molar-refractivity contribution is 5.77. The molecule has 3 rings (SSSR count). The Morgan fingerprint density at radius 3 is 2.84 bits per heavy atom. The third kappa shape index (κ3) is 1.97. The van der Waals surface area contributed by atoms with Crippen LogP contribution in [0.2, 0.25) is 0 Å². The summed E-state index contributed by atoms with van der Waals surface area (Å²) in [6.07, 6.45) is 4.95. The topological polar surface area (TPSA) is 66.6 Å². The molecular formula is C13H11FN4O. The molecule has 6 heteroatoms. The van der Waals surface area contributed by atoms with Gasteiger partial charge in [-0.15, -0.1) is 0 Å². The van der Waals surface area contributed by atoms with Crippen LogP contribution in [0.5, 0.6) is 5.75 Å². The molecule has 0 amide bonds. The summed E-state index contributed by atoms with van der Waals surface area (Å²) in [5.41, 5.74) is 1.72. The summed E-state index contributed by atoms with van der Waals surface area (Å²) in [7, 11) is 1.50. The molecule has 5 nitrogen and oxygen atoms in total. The summed E-state index contributed by atoms with van der Waals surface area (Å²) in [6.45, 7) is 0. The fraction of sp³-hybridized carbons (Fsp3) is 0.0769. The molecule has 0 saturated carbocycles. The lowest BCUT2D eigenvalue weighted by Gasteiger charge is -2.05. The lowest BCUT2D eigenvalue weighted by molar-refractivity contribution is 0.411. The number of halogens is 1. The largest absolute Gasteiger partial charge is 0.497 e. The van der Waals surface area contributed by atoms with E-state index in [1.165, 1.54) is 13.2 Å². The molecule has 2 heterocycles.